The van der Waals surface area contributed by atoms with Crippen molar-refractivity contribution in [2.24, 2.45) is 0 Å². The van der Waals surface area contributed by atoms with E-state index in [-0.39, 0.29) is 17.9 Å². The average Bonchev–Trinajstić information content (AvgIpc) is 2.72. The third kappa shape index (κ3) is 5.84. The number of benzene rings is 2. The van der Waals surface area contributed by atoms with Crippen LogP contribution >= 0.6 is 0 Å². The van der Waals surface area contributed by atoms with Gasteiger partial charge in [-0.05, 0) is 43.5 Å². The van der Waals surface area contributed by atoms with E-state index in [1.807, 2.05) is 65.6 Å². The Bertz CT molecular complexity index is 734. The lowest BCUT2D eigenvalue weighted by atomic mass is 10.0. The van der Waals surface area contributed by atoms with E-state index in [0.29, 0.717) is 31.6 Å². The number of likely N-dealkylation sites (tertiary alicyclic amines) is 1. The van der Waals surface area contributed by atoms with E-state index in [0.717, 1.165) is 25.1 Å². The van der Waals surface area contributed by atoms with E-state index in [4.69, 9.17) is 4.74 Å². The van der Waals surface area contributed by atoms with Crippen LogP contribution in [0.4, 0.5) is 0 Å². The smallest absolute Gasteiger partial charge is 0.253 e. The van der Waals surface area contributed by atoms with E-state index < -0.39 is 0 Å². The Balaban J connectivity index is 1.39. The lowest BCUT2D eigenvalue weighted by Crippen LogP contribution is -2.49. The summed E-state index contributed by atoms with van der Waals surface area (Å²) in [5, 5.41) is 3.07. The number of carbonyl (C=O) groups is 2. The first kappa shape index (κ1) is 19.0. The van der Waals surface area contributed by atoms with Crippen molar-refractivity contribution >= 4 is 11.8 Å². The summed E-state index contributed by atoms with van der Waals surface area (Å²) in [7, 11) is 0. The first-order chi connectivity index (χ1) is 13.2. The Labute approximate surface area is 160 Å². The van der Waals surface area contributed by atoms with Crippen LogP contribution in [0.5, 0.6) is 5.75 Å². The molecule has 1 fully saturated rings. The van der Waals surface area contributed by atoms with E-state index in [1.54, 1.807) is 0 Å². The van der Waals surface area contributed by atoms with Crippen LogP contribution in [0.2, 0.25) is 0 Å². The number of para-hydroxylation sites is 1. The second kappa shape index (κ2) is 9.76. The van der Waals surface area contributed by atoms with Crippen LogP contribution < -0.4 is 10.1 Å². The maximum Gasteiger partial charge on any atom is 0.253 e. The van der Waals surface area contributed by atoms with E-state index in [9.17, 15) is 9.59 Å². The molecule has 0 bridgehead atoms. The summed E-state index contributed by atoms with van der Waals surface area (Å²) < 4.78 is 5.61. The van der Waals surface area contributed by atoms with Gasteiger partial charge in [-0.1, -0.05) is 36.4 Å². The van der Waals surface area contributed by atoms with Crippen molar-refractivity contribution in [3.8, 4) is 5.75 Å². The maximum atomic E-state index is 12.6. The van der Waals surface area contributed by atoms with Crippen LogP contribution in [0, 0.1) is 0 Å². The van der Waals surface area contributed by atoms with Crippen molar-refractivity contribution in [2.45, 2.75) is 31.7 Å². The molecule has 0 unspecified atom stereocenters. The molecule has 2 aromatic carbocycles. The number of hydrogen-bond donors (Lipinski definition) is 1. The predicted octanol–water partition coefficient (Wildman–Crippen LogP) is 3.27. The molecule has 2 amide bonds. The largest absolute Gasteiger partial charge is 0.494 e. The molecule has 2 aromatic rings. The Morgan fingerprint density at radius 1 is 1.04 bits per heavy atom. The number of ether oxygens (including phenoxy) is 1. The van der Waals surface area contributed by atoms with Gasteiger partial charge in [0, 0.05) is 31.1 Å². The third-order valence-electron chi connectivity index (χ3n) is 4.65. The number of nitrogens with zero attached hydrogens (tertiary/aromatic N) is 1. The van der Waals surface area contributed by atoms with Gasteiger partial charge < -0.3 is 15.0 Å². The molecule has 1 saturated heterocycles. The van der Waals surface area contributed by atoms with Crippen molar-refractivity contribution in [1.29, 1.82) is 0 Å². The average molecular weight is 366 g/mol. The van der Waals surface area contributed by atoms with Crippen LogP contribution in [0.3, 0.4) is 0 Å². The van der Waals surface area contributed by atoms with Gasteiger partial charge in [-0.3, -0.25) is 9.59 Å². The molecule has 27 heavy (non-hydrogen) atoms. The second-order valence-corrected chi connectivity index (χ2v) is 6.79. The minimum absolute atomic E-state index is 0.0191. The molecule has 3 rings (SSSR count). The Kier molecular flexibility index (Phi) is 6.85. The van der Waals surface area contributed by atoms with Gasteiger partial charge in [0.1, 0.15) is 5.75 Å². The van der Waals surface area contributed by atoms with Crippen LogP contribution in [-0.4, -0.2) is 42.5 Å². The molecule has 0 aliphatic carbocycles. The molecule has 1 heterocycles. The molecular weight excluding hydrogens is 340 g/mol. The van der Waals surface area contributed by atoms with Gasteiger partial charge >= 0.3 is 0 Å². The van der Waals surface area contributed by atoms with Crippen LogP contribution in [0.25, 0.3) is 0 Å². The summed E-state index contributed by atoms with van der Waals surface area (Å²) >= 11 is 0. The molecule has 0 aromatic heterocycles. The zero-order chi connectivity index (χ0) is 18.9. The monoisotopic (exact) mass is 366 g/mol. The minimum Gasteiger partial charge on any atom is -0.494 e. The minimum atomic E-state index is 0.0191. The summed E-state index contributed by atoms with van der Waals surface area (Å²) in [4.78, 5) is 26.6. The zero-order valence-electron chi connectivity index (χ0n) is 15.5. The molecule has 0 spiro atoms. The molecule has 0 saturated carbocycles. The first-order valence-electron chi connectivity index (χ1n) is 9.54. The molecule has 1 aliphatic heterocycles. The highest BCUT2D eigenvalue weighted by Gasteiger charge is 2.25. The van der Waals surface area contributed by atoms with Gasteiger partial charge in [0.25, 0.3) is 5.91 Å². The number of carbonyl (C=O) groups excluding carboxylic acids is 2. The Morgan fingerprint density at radius 3 is 2.48 bits per heavy atom. The normalized spacial score (nSPS) is 16.6. The predicted molar refractivity (Wildman–Crippen MR) is 105 cm³/mol. The third-order valence-corrected chi connectivity index (χ3v) is 4.65. The summed E-state index contributed by atoms with van der Waals surface area (Å²) in [6, 6.07) is 18.9. The van der Waals surface area contributed by atoms with Gasteiger partial charge in [-0.15, -0.1) is 0 Å². The molecule has 1 atom stereocenters. The summed E-state index contributed by atoms with van der Waals surface area (Å²) in [6.07, 6.45) is 2.90. The lowest BCUT2D eigenvalue weighted by Gasteiger charge is -2.33. The highest BCUT2D eigenvalue weighted by molar-refractivity contribution is 5.94. The fourth-order valence-corrected chi connectivity index (χ4v) is 3.28. The van der Waals surface area contributed by atoms with Crippen molar-refractivity contribution in [3.63, 3.8) is 0 Å². The molecular formula is C22H26N2O3. The van der Waals surface area contributed by atoms with Crippen molar-refractivity contribution in [3.05, 3.63) is 66.2 Å². The molecule has 1 aliphatic rings. The number of rotatable bonds is 7. The van der Waals surface area contributed by atoms with Crippen LogP contribution in [0.1, 0.15) is 36.0 Å². The zero-order valence-corrected chi connectivity index (χ0v) is 15.5. The van der Waals surface area contributed by atoms with Crippen molar-refractivity contribution < 1.29 is 14.3 Å². The highest BCUT2D eigenvalue weighted by Crippen LogP contribution is 2.14. The first-order valence-corrected chi connectivity index (χ1v) is 9.54. The molecule has 1 N–H and O–H groups in total. The van der Waals surface area contributed by atoms with Gasteiger partial charge in [0.2, 0.25) is 5.91 Å². The van der Waals surface area contributed by atoms with Crippen molar-refractivity contribution in [2.75, 3.05) is 19.7 Å². The Morgan fingerprint density at radius 2 is 1.74 bits per heavy atom. The van der Waals surface area contributed by atoms with Gasteiger partial charge in [-0.2, -0.15) is 0 Å². The van der Waals surface area contributed by atoms with E-state index in [1.165, 1.54) is 0 Å². The van der Waals surface area contributed by atoms with Gasteiger partial charge in [0.15, 0.2) is 0 Å². The molecule has 5 heteroatoms. The number of nitrogens with one attached hydrogen (secondary N) is 1. The number of piperidine rings is 1. The Hall–Kier alpha value is -2.82. The van der Waals surface area contributed by atoms with E-state index >= 15 is 0 Å². The molecule has 0 radical (unpaired) electrons. The van der Waals surface area contributed by atoms with Gasteiger partial charge in [0.05, 0.1) is 6.61 Å². The topological polar surface area (TPSA) is 58.6 Å². The fraction of sp³-hybridized carbons (Fsp3) is 0.364. The van der Waals surface area contributed by atoms with Gasteiger partial charge in [-0.25, -0.2) is 0 Å². The summed E-state index contributed by atoms with van der Waals surface area (Å²) in [6.45, 7) is 1.83. The maximum absolute atomic E-state index is 12.6. The van der Waals surface area contributed by atoms with Crippen LogP contribution in [0.15, 0.2) is 60.7 Å². The summed E-state index contributed by atoms with van der Waals surface area (Å²) in [5.74, 6) is 0.872. The second-order valence-electron chi connectivity index (χ2n) is 6.79. The lowest BCUT2D eigenvalue weighted by molar-refractivity contribution is -0.122. The number of amides is 2. The quantitative estimate of drug-likeness (QED) is 0.765. The highest BCUT2D eigenvalue weighted by atomic mass is 16.5. The van der Waals surface area contributed by atoms with Crippen LogP contribution in [-0.2, 0) is 4.79 Å². The molecule has 142 valence electrons. The summed E-state index contributed by atoms with van der Waals surface area (Å²) in [5.41, 5.74) is 0.697. The standard InChI is InChI=1S/C22H26N2O3/c25-21(14-8-16-27-20-12-5-2-6-13-20)23-19-11-7-15-24(17-19)22(26)18-9-3-1-4-10-18/h1-6,9-10,12-13,19H,7-8,11,14-17H2,(H,23,25)/t19-/m0/s1. The fourth-order valence-electron chi connectivity index (χ4n) is 3.28. The molecule has 5 nitrogen and oxygen atoms in total. The SMILES string of the molecule is O=C(CCCOc1ccccc1)N[C@H]1CCCN(C(=O)c2ccccc2)C1. The van der Waals surface area contributed by atoms with Crippen molar-refractivity contribution in [1.82, 2.24) is 10.2 Å². The van der Waals surface area contributed by atoms with E-state index in [2.05, 4.69) is 5.32 Å². The number of hydrogen-bond acceptors (Lipinski definition) is 3.